The summed E-state index contributed by atoms with van der Waals surface area (Å²) >= 11 is 0. The van der Waals surface area contributed by atoms with E-state index < -0.39 is 29.5 Å². The first-order valence-electron chi connectivity index (χ1n) is 9.61. The van der Waals surface area contributed by atoms with Crippen molar-refractivity contribution in [3.05, 3.63) is 0 Å². The second-order valence-corrected chi connectivity index (χ2v) is 8.11. The number of nitrogens with zero attached hydrogens (tertiary/aromatic N) is 2. The van der Waals surface area contributed by atoms with Crippen molar-refractivity contribution < 1.29 is 24.3 Å². The van der Waals surface area contributed by atoms with Crippen LogP contribution in [0.25, 0.3) is 0 Å². The van der Waals surface area contributed by atoms with Crippen LogP contribution in [0.1, 0.15) is 57.8 Å². The van der Waals surface area contributed by atoms with Crippen molar-refractivity contribution in [2.75, 3.05) is 6.54 Å². The highest BCUT2D eigenvalue weighted by atomic mass is 16.4. The van der Waals surface area contributed by atoms with Crippen molar-refractivity contribution in [2.45, 2.75) is 75.4 Å². The molecule has 2 aliphatic heterocycles. The Bertz CT molecular complexity index is 657. The van der Waals surface area contributed by atoms with Crippen LogP contribution in [0.15, 0.2) is 0 Å². The Hall–Kier alpha value is -2.12. The molecule has 2 N–H and O–H groups in total. The predicted molar refractivity (Wildman–Crippen MR) is 90.1 cm³/mol. The molecule has 2 saturated heterocycles. The number of likely N-dealkylation sites (tertiary alicyclic amines) is 1. The molecule has 8 heteroatoms. The lowest BCUT2D eigenvalue weighted by molar-refractivity contribution is -0.150. The summed E-state index contributed by atoms with van der Waals surface area (Å²) < 4.78 is 0. The van der Waals surface area contributed by atoms with Crippen LogP contribution < -0.4 is 5.32 Å². The summed E-state index contributed by atoms with van der Waals surface area (Å²) in [6, 6.07) is -1.47. The van der Waals surface area contributed by atoms with Crippen molar-refractivity contribution in [3.63, 3.8) is 0 Å². The van der Waals surface area contributed by atoms with Crippen LogP contribution in [0.4, 0.5) is 4.79 Å². The lowest BCUT2D eigenvalue weighted by Gasteiger charge is -2.33. The van der Waals surface area contributed by atoms with Gasteiger partial charge in [0.2, 0.25) is 5.91 Å². The van der Waals surface area contributed by atoms with E-state index in [1.54, 1.807) is 0 Å². The fourth-order valence-corrected chi connectivity index (χ4v) is 5.39. The molecule has 0 aromatic carbocycles. The number of hydrogen-bond donors (Lipinski definition) is 2. The van der Waals surface area contributed by atoms with E-state index in [0.717, 1.165) is 43.4 Å². The highest BCUT2D eigenvalue weighted by Crippen LogP contribution is 2.40. The van der Waals surface area contributed by atoms with Crippen molar-refractivity contribution in [1.29, 1.82) is 0 Å². The fraction of sp³-hybridized carbons (Fsp3) is 0.778. The molecule has 142 valence electrons. The van der Waals surface area contributed by atoms with Crippen molar-refractivity contribution in [2.24, 2.45) is 5.92 Å². The molecule has 0 unspecified atom stereocenters. The summed E-state index contributed by atoms with van der Waals surface area (Å²) in [5.41, 5.74) is -0.845. The smallest absolute Gasteiger partial charge is 0.326 e. The molecular weight excluding hydrogens is 338 g/mol. The minimum absolute atomic E-state index is 0.0847. The van der Waals surface area contributed by atoms with Crippen molar-refractivity contribution in [1.82, 2.24) is 15.1 Å². The molecule has 2 heterocycles. The number of carbonyl (C=O) groups excluding carboxylic acids is 3. The highest BCUT2D eigenvalue weighted by molar-refractivity contribution is 6.09. The average Bonchev–Trinajstić information content (AvgIpc) is 3.28. The Balaban J connectivity index is 1.52. The van der Waals surface area contributed by atoms with Gasteiger partial charge in [-0.2, -0.15) is 0 Å². The summed E-state index contributed by atoms with van der Waals surface area (Å²) in [5.74, 6) is -1.56. The second-order valence-electron chi connectivity index (χ2n) is 8.11. The third-order valence-corrected chi connectivity index (χ3v) is 6.66. The van der Waals surface area contributed by atoms with E-state index in [4.69, 9.17) is 0 Å². The predicted octanol–water partition coefficient (Wildman–Crippen LogP) is 1.10. The van der Waals surface area contributed by atoms with Crippen molar-refractivity contribution >= 4 is 23.8 Å². The van der Waals surface area contributed by atoms with E-state index in [9.17, 15) is 24.3 Å². The Morgan fingerprint density at radius 3 is 2.50 bits per heavy atom. The summed E-state index contributed by atoms with van der Waals surface area (Å²) in [7, 11) is 0. The van der Waals surface area contributed by atoms with Crippen LogP contribution in [0.2, 0.25) is 0 Å². The maximum atomic E-state index is 13.0. The quantitative estimate of drug-likeness (QED) is 0.730. The Morgan fingerprint density at radius 1 is 1.12 bits per heavy atom. The van der Waals surface area contributed by atoms with E-state index in [-0.39, 0.29) is 24.4 Å². The van der Waals surface area contributed by atoms with Gasteiger partial charge in [0, 0.05) is 6.04 Å². The molecule has 2 aliphatic carbocycles. The van der Waals surface area contributed by atoms with E-state index in [1.807, 2.05) is 0 Å². The number of urea groups is 1. The number of nitrogens with one attached hydrogen (secondary N) is 1. The lowest BCUT2D eigenvalue weighted by Crippen LogP contribution is -2.51. The molecule has 0 bridgehead atoms. The average molecular weight is 363 g/mol. The van der Waals surface area contributed by atoms with Crippen LogP contribution in [0.5, 0.6) is 0 Å². The molecule has 4 rings (SSSR count). The van der Waals surface area contributed by atoms with Crippen LogP contribution >= 0.6 is 0 Å². The number of hydrogen-bond acceptors (Lipinski definition) is 4. The summed E-state index contributed by atoms with van der Waals surface area (Å²) in [4.78, 5) is 52.1. The van der Waals surface area contributed by atoms with Gasteiger partial charge in [-0.15, -0.1) is 0 Å². The summed E-state index contributed by atoms with van der Waals surface area (Å²) in [5, 5.41) is 12.3. The number of amides is 4. The Labute approximate surface area is 151 Å². The van der Waals surface area contributed by atoms with Gasteiger partial charge in [0.1, 0.15) is 18.1 Å². The van der Waals surface area contributed by atoms with E-state index in [1.165, 1.54) is 4.90 Å². The minimum Gasteiger partial charge on any atom is -0.480 e. The maximum absolute atomic E-state index is 13.0. The molecule has 1 spiro atoms. The first-order valence-corrected chi connectivity index (χ1v) is 9.61. The molecule has 4 aliphatic rings. The third kappa shape index (κ3) is 2.57. The number of aliphatic carboxylic acids is 1. The number of carbonyl (C=O) groups is 4. The third-order valence-electron chi connectivity index (χ3n) is 6.66. The first-order chi connectivity index (χ1) is 12.4. The molecule has 2 saturated carbocycles. The summed E-state index contributed by atoms with van der Waals surface area (Å²) in [6.45, 7) is -0.362. The second kappa shape index (κ2) is 6.25. The van der Waals surface area contributed by atoms with Crippen LogP contribution in [0, 0.1) is 5.92 Å². The Kier molecular flexibility index (Phi) is 4.16. The van der Waals surface area contributed by atoms with Gasteiger partial charge in [-0.25, -0.2) is 9.59 Å². The zero-order valence-electron chi connectivity index (χ0n) is 14.8. The van der Waals surface area contributed by atoms with Gasteiger partial charge in [0.15, 0.2) is 0 Å². The molecule has 4 fully saturated rings. The van der Waals surface area contributed by atoms with Gasteiger partial charge >= 0.3 is 12.0 Å². The lowest BCUT2D eigenvalue weighted by atomic mass is 9.85. The molecule has 26 heavy (non-hydrogen) atoms. The molecule has 0 aromatic heterocycles. The van der Waals surface area contributed by atoms with Gasteiger partial charge < -0.3 is 15.3 Å². The number of carboxylic acids is 1. The number of fused-ring (bicyclic) bond motifs is 1. The normalized spacial score (nSPS) is 32.8. The first kappa shape index (κ1) is 17.3. The summed E-state index contributed by atoms with van der Waals surface area (Å²) in [6.07, 6.45) is 7.21. The van der Waals surface area contributed by atoms with Gasteiger partial charge in [-0.3, -0.25) is 14.5 Å². The SMILES string of the molecule is O=C(O)[C@@H]1C[C@@H]2CCCC[C@@H]2N1C(=O)CN1C(=O)NC2(CCCC2)C1=O. The molecule has 0 radical (unpaired) electrons. The Morgan fingerprint density at radius 2 is 1.81 bits per heavy atom. The van der Waals surface area contributed by atoms with Gasteiger partial charge in [-0.05, 0) is 38.0 Å². The standard InChI is InChI=1S/C18H25N3O5/c22-14(10-20-16(25)18(19-17(20)26)7-3-4-8-18)21-12-6-2-1-5-11(12)9-13(21)15(23)24/h11-13H,1-10H2,(H,19,26)(H,23,24)/t11-,12-,13-/m0/s1. The topological polar surface area (TPSA) is 107 Å². The van der Waals surface area contributed by atoms with Gasteiger partial charge in [0.25, 0.3) is 5.91 Å². The van der Waals surface area contributed by atoms with Crippen LogP contribution in [-0.2, 0) is 14.4 Å². The highest BCUT2D eigenvalue weighted by Gasteiger charge is 2.54. The zero-order chi connectivity index (χ0) is 18.5. The largest absolute Gasteiger partial charge is 0.480 e. The van der Waals surface area contributed by atoms with Gasteiger partial charge in [-0.1, -0.05) is 25.7 Å². The van der Waals surface area contributed by atoms with Crippen molar-refractivity contribution in [3.8, 4) is 0 Å². The molecular formula is C18H25N3O5. The molecule has 3 atom stereocenters. The van der Waals surface area contributed by atoms with E-state index in [0.29, 0.717) is 19.3 Å². The molecule has 8 nitrogen and oxygen atoms in total. The number of rotatable bonds is 3. The monoisotopic (exact) mass is 363 g/mol. The minimum atomic E-state index is -1.00. The molecule has 4 amide bonds. The zero-order valence-corrected chi connectivity index (χ0v) is 14.8. The molecule has 0 aromatic rings. The maximum Gasteiger partial charge on any atom is 0.326 e. The van der Waals surface area contributed by atoms with Gasteiger partial charge in [0.05, 0.1) is 0 Å². The van der Waals surface area contributed by atoms with E-state index >= 15 is 0 Å². The van der Waals surface area contributed by atoms with Crippen LogP contribution in [-0.4, -0.2) is 62.9 Å². The van der Waals surface area contributed by atoms with Crippen LogP contribution in [0.3, 0.4) is 0 Å². The number of imide groups is 1. The number of carboxylic acid groups (broad SMARTS) is 1. The van der Waals surface area contributed by atoms with E-state index in [2.05, 4.69) is 5.32 Å². The fourth-order valence-electron chi connectivity index (χ4n) is 5.39.